The van der Waals surface area contributed by atoms with Crippen molar-refractivity contribution in [1.82, 2.24) is 10.2 Å². The highest BCUT2D eigenvalue weighted by Crippen LogP contribution is 2.23. The summed E-state index contributed by atoms with van der Waals surface area (Å²) in [5, 5.41) is 17.9. The Labute approximate surface area is 103 Å². The fraction of sp³-hybridized carbons (Fsp3) is 0.273. The number of hydrogen-bond acceptors (Lipinski definition) is 6. The van der Waals surface area contributed by atoms with Crippen molar-refractivity contribution < 1.29 is 9.52 Å². The maximum absolute atomic E-state index is 9.91. The molecule has 1 aromatic carbocycles. The minimum atomic E-state index is -0.547. The van der Waals surface area contributed by atoms with E-state index >= 15 is 0 Å². The van der Waals surface area contributed by atoms with Crippen LogP contribution in [-0.4, -0.2) is 21.1 Å². The van der Waals surface area contributed by atoms with Crippen LogP contribution in [0.3, 0.4) is 0 Å². The van der Waals surface area contributed by atoms with E-state index in [0.717, 1.165) is 5.56 Å². The molecule has 0 aliphatic heterocycles. The molecule has 0 spiro atoms. The molecular weight excluding hydrogens is 238 g/mol. The zero-order valence-electron chi connectivity index (χ0n) is 9.11. The lowest BCUT2D eigenvalue weighted by Gasteiger charge is -2.08. The molecule has 17 heavy (non-hydrogen) atoms. The Morgan fingerprint density at radius 1 is 1.29 bits per heavy atom. The second-order valence-electron chi connectivity index (χ2n) is 3.40. The number of aliphatic hydroxyl groups excluding tert-OH is 1. The Morgan fingerprint density at radius 3 is 2.71 bits per heavy atom. The van der Waals surface area contributed by atoms with Crippen LogP contribution in [0.5, 0.6) is 0 Å². The van der Waals surface area contributed by atoms with E-state index in [4.69, 9.17) is 10.2 Å². The molecule has 3 N–H and O–H groups in total. The van der Waals surface area contributed by atoms with Crippen molar-refractivity contribution in [2.75, 3.05) is 5.75 Å². The van der Waals surface area contributed by atoms with Crippen molar-refractivity contribution in [2.24, 2.45) is 5.73 Å². The summed E-state index contributed by atoms with van der Waals surface area (Å²) in [6.07, 6.45) is -0.547. The molecule has 6 heteroatoms. The third-order valence-corrected chi connectivity index (χ3v) is 3.07. The molecule has 0 aliphatic carbocycles. The van der Waals surface area contributed by atoms with Crippen molar-refractivity contribution in [3.05, 3.63) is 41.8 Å². The van der Waals surface area contributed by atoms with E-state index < -0.39 is 6.10 Å². The molecule has 0 saturated carbocycles. The third-order valence-electron chi connectivity index (χ3n) is 2.17. The number of nitrogens with zero attached hydrogens (tertiary/aromatic N) is 2. The summed E-state index contributed by atoms with van der Waals surface area (Å²) >= 11 is 1.31. The van der Waals surface area contributed by atoms with E-state index in [1.54, 1.807) is 0 Å². The summed E-state index contributed by atoms with van der Waals surface area (Å²) in [5.74, 6) is 0.873. The smallest absolute Gasteiger partial charge is 0.276 e. The van der Waals surface area contributed by atoms with E-state index in [1.807, 2.05) is 30.3 Å². The molecule has 0 fully saturated rings. The zero-order valence-corrected chi connectivity index (χ0v) is 9.93. The van der Waals surface area contributed by atoms with Crippen LogP contribution in [0.2, 0.25) is 0 Å². The Bertz CT molecular complexity index is 461. The summed E-state index contributed by atoms with van der Waals surface area (Å²) in [4.78, 5) is 0. The number of aromatic nitrogens is 2. The fourth-order valence-corrected chi connectivity index (χ4v) is 2.05. The summed E-state index contributed by atoms with van der Waals surface area (Å²) in [6, 6.07) is 9.45. The molecule has 0 saturated heterocycles. The topological polar surface area (TPSA) is 85.2 Å². The first-order chi connectivity index (χ1) is 8.29. The largest absolute Gasteiger partial charge is 0.415 e. The molecular formula is C11H13N3O2S. The van der Waals surface area contributed by atoms with Gasteiger partial charge in [-0.2, -0.15) is 0 Å². The summed E-state index contributed by atoms with van der Waals surface area (Å²) in [5.41, 5.74) is 6.23. The first kappa shape index (κ1) is 12.1. The van der Waals surface area contributed by atoms with E-state index in [9.17, 15) is 5.11 Å². The molecule has 90 valence electrons. The summed E-state index contributed by atoms with van der Waals surface area (Å²) in [7, 11) is 0. The van der Waals surface area contributed by atoms with Gasteiger partial charge in [-0.25, -0.2) is 0 Å². The highest BCUT2D eigenvalue weighted by Gasteiger charge is 2.11. The van der Waals surface area contributed by atoms with Crippen molar-refractivity contribution in [3.8, 4) is 0 Å². The predicted molar refractivity (Wildman–Crippen MR) is 64.3 cm³/mol. The predicted octanol–water partition coefficient (Wildman–Crippen LogP) is 1.35. The Morgan fingerprint density at radius 2 is 2.06 bits per heavy atom. The molecule has 1 unspecified atom stereocenters. The number of nitrogens with two attached hydrogens (primary N) is 1. The van der Waals surface area contributed by atoms with Gasteiger partial charge in [0.15, 0.2) is 0 Å². The molecule has 1 atom stereocenters. The highest BCUT2D eigenvalue weighted by atomic mass is 32.2. The highest BCUT2D eigenvalue weighted by molar-refractivity contribution is 7.99. The molecule has 1 heterocycles. The van der Waals surface area contributed by atoms with Crippen LogP contribution in [0, 0.1) is 0 Å². The average Bonchev–Trinajstić information content (AvgIpc) is 2.85. The van der Waals surface area contributed by atoms with Crippen LogP contribution in [0.1, 0.15) is 17.6 Å². The first-order valence-corrected chi connectivity index (χ1v) is 6.16. The maximum Gasteiger partial charge on any atom is 0.276 e. The number of hydrogen-bond donors (Lipinski definition) is 2. The standard InChI is InChI=1S/C11H13N3O2S/c12-6-10-13-14-11(16-10)17-7-9(15)8-4-2-1-3-5-8/h1-5,9,15H,6-7,12H2. The first-order valence-electron chi connectivity index (χ1n) is 5.18. The molecule has 0 bridgehead atoms. The van der Waals surface area contributed by atoms with Gasteiger partial charge in [-0.3, -0.25) is 0 Å². The van der Waals surface area contributed by atoms with E-state index in [1.165, 1.54) is 11.8 Å². The van der Waals surface area contributed by atoms with E-state index in [2.05, 4.69) is 10.2 Å². The van der Waals surface area contributed by atoms with Gasteiger partial charge in [0.05, 0.1) is 12.6 Å². The minimum Gasteiger partial charge on any atom is -0.415 e. The van der Waals surface area contributed by atoms with Crippen LogP contribution in [0.25, 0.3) is 0 Å². The lowest BCUT2D eigenvalue weighted by Crippen LogP contribution is -1.99. The van der Waals surface area contributed by atoms with Gasteiger partial charge in [-0.1, -0.05) is 42.1 Å². The Balaban J connectivity index is 1.90. The van der Waals surface area contributed by atoms with Gasteiger partial charge < -0.3 is 15.3 Å². The lowest BCUT2D eigenvalue weighted by atomic mass is 10.1. The SMILES string of the molecule is NCc1nnc(SCC(O)c2ccccc2)o1. The van der Waals surface area contributed by atoms with Gasteiger partial charge in [0.25, 0.3) is 5.22 Å². The van der Waals surface area contributed by atoms with Crippen molar-refractivity contribution in [2.45, 2.75) is 17.9 Å². The lowest BCUT2D eigenvalue weighted by molar-refractivity contribution is 0.203. The van der Waals surface area contributed by atoms with E-state index in [-0.39, 0.29) is 6.54 Å². The van der Waals surface area contributed by atoms with Crippen LogP contribution in [0.15, 0.2) is 40.0 Å². The van der Waals surface area contributed by atoms with E-state index in [0.29, 0.717) is 16.9 Å². The number of benzene rings is 1. The molecule has 0 aliphatic rings. The van der Waals surface area contributed by atoms with Gasteiger partial charge >= 0.3 is 0 Å². The number of thioether (sulfide) groups is 1. The third kappa shape index (κ3) is 3.29. The van der Waals surface area contributed by atoms with Gasteiger partial charge in [0, 0.05) is 5.75 Å². The number of aliphatic hydroxyl groups is 1. The normalized spacial score (nSPS) is 12.6. The van der Waals surface area contributed by atoms with Gasteiger partial charge in [0.2, 0.25) is 5.89 Å². The van der Waals surface area contributed by atoms with Crippen LogP contribution < -0.4 is 5.73 Å². The Hall–Kier alpha value is -1.37. The molecule has 0 amide bonds. The molecule has 2 rings (SSSR count). The van der Waals surface area contributed by atoms with Crippen molar-refractivity contribution in [3.63, 3.8) is 0 Å². The molecule has 2 aromatic rings. The fourth-order valence-electron chi connectivity index (χ4n) is 1.30. The average molecular weight is 251 g/mol. The molecule has 0 radical (unpaired) electrons. The molecule has 1 aromatic heterocycles. The van der Waals surface area contributed by atoms with Crippen LogP contribution >= 0.6 is 11.8 Å². The zero-order chi connectivity index (χ0) is 12.1. The van der Waals surface area contributed by atoms with Gasteiger partial charge in [-0.05, 0) is 5.56 Å². The quantitative estimate of drug-likeness (QED) is 0.780. The van der Waals surface area contributed by atoms with Crippen LogP contribution in [-0.2, 0) is 6.54 Å². The van der Waals surface area contributed by atoms with Crippen LogP contribution in [0.4, 0.5) is 0 Å². The second kappa shape index (κ2) is 5.81. The van der Waals surface area contributed by atoms with Crippen molar-refractivity contribution in [1.29, 1.82) is 0 Å². The Kier molecular flexibility index (Phi) is 4.13. The minimum absolute atomic E-state index is 0.231. The van der Waals surface area contributed by atoms with Crippen molar-refractivity contribution >= 4 is 11.8 Å². The monoisotopic (exact) mass is 251 g/mol. The van der Waals surface area contributed by atoms with Gasteiger partial charge in [-0.15, -0.1) is 10.2 Å². The summed E-state index contributed by atoms with van der Waals surface area (Å²) < 4.78 is 5.22. The van der Waals surface area contributed by atoms with Gasteiger partial charge in [0.1, 0.15) is 0 Å². The summed E-state index contributed by atoms with van der Waals surface area (Å²) in [6.45, 7) is 0.231. The second-order valence-corrected chi connectivity index (χ2v) is 4.37. The maximum atomic E-state index is 9.91. The number of rotatable bonds is 5. The molecule has 5 nitrogen and oxygen atoms in total.